The summed E-state index contributed by atoms with van der Waals surface area (Å²) in [4.78, 5) is 22.1. The maximum Gasteiger partial charge on any atom is 0.239 e. The van der Waals surface area contributed by atoms with Crippen molar-refractivity contribution in [1.82, 2.24) is 15.3 Å². The van der Waals surface area contributed by atoms with Gasteiger partial charge in [-0.3, -0.25) is 4.79 Å². The van der Waals surface area contributed by atoms with E-state index in [0.29, 0.717) is 13.1 Å². The number of halogens is 1. The van der Waals surface area contributed by atoms with Crippen molar-refractivity contribution >= 4 is 27.7 Å². The molecule has 1 aliphatic heterocycles. The van der Waals surface area contributed by atoms with Crippen molar-refractivity contribution in [3.8, 4) is 0 Å². The lowest BCUT2D eigenvalue weighted by atomic mass is 10.3. The van der Waals surface area contributed by atoms with E-state index in [1.807, 2.05) is 11.0 Å². The fourth-order valence-corrected chi connectivity index (χ4v) is 2.19. The second-order valence-electron chi connectivity index (χ2n) is 3.99. The van der Waals surface area contributed by atoms with Gasteiger partial charge in [0.05, 0.1) is 6.54 Å². The molecule has 92 valence electrons. The lowest BCUT2D eigenvalue weighted by Gasteiger charge is -2.27. The Kier molecular flexibility index (Phi) is 3.93. The molecule has 1 aliphatic rings. The molecule has 2 heterocycles. The van der Waals surface area contributed by atoms with Crippen molar-refractivity contribution in [2.24, 2.45) is 0 Å². The van der Waals surface area contributed by atoms with E-state index in [4.69, 9.17) is 0 Å². The fraction of sp³-hybridized carbons (Fsp3) is 0.545. The van der Waals surface area contributed by atoms with Gasteiger partial charge in [-0.25, -0.2) is 9.97 Å². The Balaban J connectivity index is 2.21. The van der Waals surface area contributed by atoms with Crippen LogP contribution in [0.4, 0.5) is 5.82 Å². The fourth-order valence-electron chi connectivity index (χ4n) is 1.78. The van der Waals surface area contributed by atoms with Crippen LogP contribution in [0.2, 0.25) is 0 Å². The largest absolute Gasteiger partial charge is 0.353 e. The van der Waals surface area contributed by atoms with E-state index in [9.17, 15) is 4.79 Å². The number of aryl methyl sites for hydroxylation is 1. The Morgan fingerprint density at radius 2 is 2.35 bits per heavy atom. The number of carbonyl (C=O) groups is 1. The molecule has 0 aliphatic carbocycles. The molecule has 1 aromatic rings. The van der Waals surface area contributed by atoms with Crippen molar-refractivity contribution < 1.29 is 4.79 Å². The Morgan fingerprint density at radius 3 is 3.06 bits per heavy atom. The Labute approximate surface area is 109 Å². The molecule has 1 aromatic heterocycles. The predicted octanol–water partition coefficient (Wildman–Crippen LogP) is 1.13. The zero-order chi connectivity index (χ0) is 12.3. The van der Waals surface area contributed by atoms with E-state index in [0.717, 1.165) is 35.6 Å². The molecule has 0 atom stereocenters. The third-order valence-electron chi connectivity index (χ3n) is 2.56. The molecule has 2 rings (SSSR count). The first-order chi connectivity index (χ1) is 8.19. The molecular weight excluding hydrogens is 284 g/mol. The normalized spacial score (nSPS) is 15.9. The van der Waals surface area contributed by atoms with Gasteiger partial charge in [-0.1, -0.05) is 6.92 Å². The number of amides is 1. The van der Waals surface area contributed by atoms with Crippen LogP contribution in [0.3, 0.4) is 0 Å². The Morgan fingerprint density at radius 1 is 1.53 bits per heavy atom. The maximum atomic E-state index is 11.3. The smallest absolute Gasteiger partial charge is 0.239 e. The van der Waals surface area contributed by atoms with E-state index >= 15 is 0 Å². The van der Waals surface area contributed by atoms with Crippen molar-refractivity contribution in [2.45, 2.75) is 19.8 Å². The molecule has 0 saturated carbocycles. The van der Waals surface area contributed by atoms with Crippen LogP contribution in [0.5, 0.6) is 0 Å². The Bertz CT molecular complexity index is 424. The molecule has 1 N–H and O–H groups in total. The minimum Gasteiger partial charge on any atom is -0.353 e. The number of hydrogen-bond donors (Lipinski definition) is 1. The highest BCUT2D eigenvalue weighted by Crippen LogP contribution is 2.17. The number of hydrogen-bond acceptors (Lipinski definition) is 4. The number of anilines is 1. The summed E-state index contributed by atoms with van der Waals surface area (Å²) < 4.78 is 0.775. The van der Waals surface area contributed by atoms with Crippen molar-refractivity contribution in [1.29, 1.82) is 0 Å². The third-order valence-corrected chi connectivity index (χ3v) is 2.97. The summed E-state index contributed by atoms with van der Waals surface area (Å²) in [5.41, 5.74) is 0. The summed E-state index contributed by atoms with van der Waals surface area (Å²) >= 11 is 3.39. The van der Waals surface area contributed by atoms with Crippen LogP contribution in [0.25, 0.3) is 0 Å². The lowest BCUT2D eigenvalue weighted by Crippen LogP contribution is -2.48. The van der Waals surface area contributed by atoms with E-state index in [1.54, 1.807) is 0 Å². The van der Waals surface area contributed by atoms with Crippen LogP contribution >= 0.6 is 15.9 Å². The molecule has 0 bridgehead atoms. The molecule has 17 heavy (non-hydrogen) atoms. The zero-order valence-corrected chi connectivity index (χ0v) is 11.3. The molecule has 1 saturated heterocycles. The summed E-state index contributed by atoms with van der Waals surface area (Å²) in [7, 11) is 0. The van der Waals surface area contributed by atoms with Gasteiger partial charge >= 0.3 is 0 Å². The summed E-state index contributed by atoms with van der Waals surface area (Å²) in [6.45, 7) is 3.93. The quantitative estimate of drug-likeness (QED) is 0.850. The SMILES string of the molecule is CCCc1nc(Br)cc(N2CCNC(=O)C2)n1. The van der Waals surface area contributed by atoms with E-state index in [2.05, 4.69) is 38.1 Å². The molecular formula is C11H15BrN4O. The first-order valence-electron chi connectivity index (χ1n) is 5.74. The van der Waals surface area contributed by atoms with Gasteiger partial charge in [0.15, 0.2) is 0 Å². The third kappa shape index (κ3) is 3.15. The van der Waals surface area contributed by atoms with E-state index < -0.39 is 0 Å². The highest BCUT2D eigenvalue weighted by molar-refractivity contribution is 9.10. The van der Waals surface area contributed by atoms with Gasteiger partial charge in [0.25, 0.3) is 0 Å². The van der Waals surface area contributed by atoms with Crippen molar-refractivity contribution in [3.05, 3.63) is 16.5 Å². The number of carbonyl (C=O) groups excluding carboxylic acids is 1. The molecule has 1 amide bonds. The number of nitrogens with zero attached hydrogens (tertiary/aromatic N) is 3. The van der Waals surface area contributed by atoms with Crippen molar-refractivity contribution in [2.75, 3.05) is 24.5 Å². The van der Waals surface area contributed by atoms with Gasteiger partial charge in [0.1, 0.15) is 16.2 Å². The number of aromatic nitrogens is 2. The zero-order valence-electron chi connectivity index (χ0n) is 9.74. The summed E-state index contributed by atoms with van der Waals surface area (Å²) in [5, 5.41) is 2.80. The number of rotatable bonds is 3. The monoisotopic (exact) mass is 298 g/mol. The maximum absolute atomic E-state index is 11.3. The summed E-state index contributed by atoms with van der Waals surface area (Å²) in [6, 6.07) is 1.86. The topological polar surface area (TPSA) is 58.1 Å². The van der Waals surface area contributed by atoms with Crippen LogP contribution in [0.15, 0.2) is 10.7 Å². The van der Waals surface area contributed by atoms with Crippen molar-refractivity contribution in [3.63, 3.8) is 0 Å². The first-order valence-corrected chi connectivity index (χ1v) is 6.53. The van der Waals surface area contributed by atoms with Gasteiger partial charge in [0.2, 0.25) is 5.91 Å². The highest BCUT2D eigenvalue weighted by atomic mass is 79.9. The van der Waals surface area contributed by atoms with Crippen LogP contribution in [-0.4, -0.2) is 35.5 Å². The molecule has 0 unspecified atom stereocenters. The van der Waals surface area contributed by atoms with Gasteiger partial charge in [-0.05, 0) is 22.4 Å². The van der Waals surface area contributed by atoms with E-state index in [1.165, 1.54) is 0 Å². The van der Waals surface area contributed by atoms with E-state index in [-0.39, 0.29) is 5.91 Å². The predicted molar refractivity (Wildman–Crippen MR) is 68.9 cm³/mol. The average Bonchev–Trinajstić information content (AvgIpc) is 2.28. The molecule has 0 spiro atoms. The minimum atomic E-state index is 0.0445. The average molecular weight is 299 g/mol. The second-order valence-corrected chi connectivity index (χ2v) is 4.80. The van der Waals surface area contributed by atoms with Crippen LogP contribution in [0.1, 0.15) is 19.2 Å². The summed E-state index contributed by atoms with van der Waals surface area (Å²) in [6.07, 6.45) is 1.86. The van der Waals surface area contributed by atoms with Gasteiger partial charge in [-0.2, -0.15) is 0 Å². The second kappa shape index (κ2) is 5.44. The Hall–Kier alpha value is -1.17. The minimum absolute atomic E-state index is 0.0445. The highest BCUT2D eigenvalue weighted by Gasteiger charge is 2.18. The van der Waals surface area contributed by atoms with Crippen LogP contribution < -0.4 is 10.2 Å². The van der Waals surface area contributed by atoms with Gasteiger partial charge < -0.3 is 10.2 Å². The molecule has 0 radical (unpaired) electrons. The number of piperazine rings is 1. The molecule has 6 heteroatoms. The molecule has 0 aromatic carbocycles. The van der Waals surface area contributed by atoms with Gasteiger partial charge in [0, 0.05) is 25.6 Å². The number of nitrogens with one attached hydrogen (secondary N) is 1. The van der Waals surface area contributed by atoms with Crippen LogP contribution in [-0.2, 0) is 11.2 Å². The standard InChI is InChI=1S/C11H15BrN4O/c1-2-3-9-14-8(12)6-10(15-9)16-5-4-13-11(17)7-16/h6H,2-5,7H2,1H3,(H,13,17). The summed E-state index contributed by atoms with van der Waals surface area (Å²) in [5.74, 6) is 1.69. The first kappa shape index (κ1) is 12.3. The van der Waals surface area contributed by atoms with Crippen LogP contribution in [0, 0.1) is 0 Å². The molecule has 5 nitrogen and oxygen atoms in total. The molecule has 1 fully saturated rings. The lowest BCUT2D eigenvalue weighted by molar-refractivity contribution is -0.120. The van der Waals surface area contributed by atoms with Gasteiger partial charge in [-0.15, -0.1) is 0 Å².